The number of unbranched alkanes of at least 4 members (excludes halogenated alkanes) is 2. The van der Waals surface area contributed by atoms with E-state index < -0.39 is 84.1 Å². The highest BCUT2D eigenvalue weighted by molar-refractivity contribution is 6.39. The molecule has 1 saturated carbocycles. The van der Waals surface area contributed by atoms with Crippen LogP contribution in [0.1, 0.15) is 163 Å². The number of amides is 1. The van der Waals surface area contributed by atoms with Crippen LogP contribution in [-0.2, 0) is 95.7 Å². The minimum Gasteiger partial charge on any atom is -0.495 e. The summed E-state index contributed by atoms with van der Waals surface area (Å²) in [4.78, 5) is 73.8. The van der Waals surface area contributed by atoms with E-state index in [1.54, 1.807) is 51.4 Å². The fourth-order valence-electron chi connectivity index (χ4n) is 16.1. The molecule has 2 saturated heterocycles. The predicted octanol–water partition coefficient (Wildman–Crippen LogP) is 9.68. The lowest BCUT2D eigenvalue weighted by Crippen LogP contribution is -2.61. The Morgan fingerprint density at radius 2 is 1.48 bits per heavy atom. The van der Waals surface area contributed by atoms with Crippen LogP contribution in [0.4, 0.5) is 5.82 Å². The van der Waals surface area contributed by atoms with Crippen molar-refractivity contribution in [3.8, 4) is 11.3 Å². The molecule has 7 N–H and O–H groups in total. The first-order chi connectivity index (χ1) is 57.0. The summed E-state index contributed by atoms with van der Waals surface area (Å²) in [6.45, 7) is 19.3. The maximum atomic E-state index is 14.7. The third kappa shape index (κ3) is 28.0. The molecule has 1 amide bonds. The first kappa shape index (κ1) is 94.3. The van der Waals surface area contributed by atoms with Gasteiger partial charge in [-0.15, -0.1) is 5.10 Å². The molecule has 0 radical (unpaired) electrons. The molecule has 31 heteroatoms. The Kier molecular flexibility index (Phi) is 38.9. The molecule has 5 aromatic rings. The summed E-state index contributed by atoms with van der Waals surface area (Å²) in [5, 5.41) is 62.6. The predicted molar refractivity (Wildman–Crippen MR) is 442 cm³/mol. The maximum absolute atomic E-state index is 14.7. The van der Waals surface area contributed by atoms with Crippen LogP contribution in [0.2, 0.25) is 0 Å². The number of aliphatic hydroxyl groups is 4. The molecule has 0 spiro atoms. The number of aryl methyl sites for hydroxylation is 1. The average molecular weight is 1650 g/mol. The molecule has 5 aromatic heterocycles. The van der Waals surface area contributed by atoms with Crippen molar-refractivity contribution in [1.82, 2.24) is 49.6 Å². The fourth-order valence-corrected chi connectivity index (χ4v) is 16.1. The molecule has 8 heterocycles. The summed E-state index contributed by atoms with van der Waals surface area (Å²) in [5.74, 6) is -6.41. The number of aromatic amines is 1. The van der Waals surface area contributed by atoms with Gasteiger partial charge in [-0.25, -0.2) is 29.1 Å². The summed E-state index contributed by atoms with van der Waals surface area (Å²) in [6.07, 6.45) is 23.1. The van der Waals surface area contributed by atoms with Crippen molar-refractivity contribution >= 4 is 51.3 Å². The Bertz CT molecular complexity index is 4070. The van der Waals surface area contributed by atoms with Crippen LogP contribution < -0.4 is 5.73 Å². The lowest BCUT2D eigenvalue weighted by atomic mass is 9.78. The summed E-state index contributed by atoms with van der Waals surface area (Å²) >= 11 is 0. The van der Waals surface area contributed by atoms with Crippen molar-refractivity contribution < 1.29 is 96.4 Å². The van der Waals surface area contributed by atoms with Crippen LogP contribution in [0.3, 0.4) is 0 Å². The van der Waals surface area contributed by atoms with E-state index in [-0.39, 0.29) is 61.6 Å². The number of aliphatic hydroxyl groups excluding tert-OH is 3. The number of Topliss-reactive ketones (excluding diaryl/α,β-unsaturated/α-hetero) is 2. The first-order valence-electron chi connectivity index (χ1n) is 42.4. The number of nitrogen functional groups attached to an aromatic ring is 1. The Balaban J connectivity index is 0.686. The van der Waals surface area contributed by atoms with E-state index in [1.165, 1.54) is 18.3 Å². The molecule has 3 aliphatic heterocycles. The van der Waals surface area contributed by atoms with Crippen molar-refractivity contribution in [1.29, 1.82) is 0 Å². The molecule has 118 heavy (non-hydrogen) atoms. The van der Waals surface area contributed by atoms with Gasteiger partial charge in [0.15, 0.2) is 5.65 Å². The van der Waals surface area contributed by atoms with Crippen LogP contribution in [0.5, 0.6) is 0 Å². The molecule has 16 atom stereocenters. The highest BCUT2D eigenvalue weighted by atomic mass is 16.6. The second-order valence-corrected chi connectivity index (χ2v) is 32.2. The highest BCUT2D eigenvalue weighted by Gasteiger charge is 2.53. The number of piperidine rings is 1. The lowest BCUT2D eigenvalue weighted by Gasteiger charge is -2.43. The van der Waals surface area contributed by atoms with E-state index in [9.17, 15) is 39.6 Å². The number of nitrogens with zero attached hydrogens (tertiary/aromatic N) is 9. The molecule has 31 nitrogen and oxygen atoms in total. The van der Waals surface area contributed by atoms with Crippen molar-refractivity contribution in [2.75, 3.05) is 113 Å². The van der Waals surface area contributed by atoms with Crippen LogP contribution in [0.25, 0.3) is 33.3 Å². The number of carbonyl (C=O) groups is 4. The zero-order valence-electron chi connectivity index (χ0n) is 70.9. The third-order valence-electron chi connectivity index (χ3n) is 23.2. The number of ketones is 2. The molecular weight excluding hydrogens is 1520 g/mol. The van der Waals surface area contributed by atoms with Gasteiger partial charge in [0.05, 0.1) is 134 Å². The van der Waals surface area contributed by atoms with Crippen molar-refractivity contribution in [3.63, 3.8) is 0 Å². The number of rotatable bonds is 37. The van der Waals surface area contributed by atoms with Crippen molar-refractivity contribution in [2.45, 2.75) is 238 Å². The number of ether oxygens (including phenoxy) is 12. The van der Waals surface area contributed by atoms with E-state index >= 15 is 0 Å². The SMILES string of the molecule is CO[C@H]1C[C@@H]2CC[C@@H](C)[C@@](O)(O2)C(=O)C(=O)N2CCCC[C@H]2C(=O)O[C@H]([C@H](C)C[C@@H]2CC[C@@H](O)[C@H](OC)C2)C[C@@H](O)[C@H](C)/C=C(\C)[C@@H](O)[C@@H](OC)C(=COCc2cn(CCOCCOCCOCCOCCOCCOCCC(=O)CCCCCn3nc(-c4cnc5[nH]ccc5c4)c4c(N)ncnc43)nn2)[C@H](C)C[C@H](C)/C=C/C=C/C=C/1C. The highest BCUT2D eigenvalue weighted by Crippen LogP contribution is 2.39. The molecule has 1 aliphatic carbocycles. The quantitative estimate of drug-likeness (QED) is 0.00708. The number of allylic oxidation sites excluding steroid dienone is 5. The monoisotopic (exact) mass is 1650 g/mol. The van der Waals surface area contributed by atoms with Gasteiger partial charge in [0.25, 0.3) is 11.7 Å². The van der Waals surface area contributed by atoms with Crippen LogP contribution in [-0.4, -0.2) is 261 Å². The zero-order chi connectivity index (χ0) is 84.5. The summed E-state index contributed by atoms with van der Waals surface area (Å²) in [6, 6.07) is 2.84. The minimum absolute atomic E-state index is 0.00263. The standard InChI is InChI=1S/C87H131N11O20/c1-57-19-13-11-14-20-58(2)74(107-8)50-69-25-23-63(7)87(106,118-69)81(103)85(104)97-30-18-16-22-71(97)86(105)117-75(61(5)47-64-24-26-72(100)76(48-64)108-9)51-73(101)60(4)46-62(6)79(102)80(109-10)70(59(3)45-57)55-116-54-67-53-96(95-93-67)32-34-111-36-38-113-40-42-115-44-43-114-41-39-112-37-35-110-33-28-68(99)21-15-12-17-31-98-84-77(82(88)91-56-92-84)78(94-98)66-49-65-27-29-89-83(65)90-52-66/h11,13-14,19-20,27,29,46,49,52-53,55-57,59-61,63-64,69,71-76,79-80,100-102,106H,12,15-18,21-26,28,30-45,47-48,50-51,54H2,1-10H3,(H,89,90)(H2,88,91,92)/b14-11+,19-13+,58-20+,62-46+,70-55?/t57-,59-,60-,61-,63-,64+,69+,71+,72-,73-,74+,75+,76-,79-,80+,87-/m1/s1. The first-order valence-corrected chi connectivity index (χ1v) is 42.4. The molecule has 9 rings (SSSR count). The zero-order valence-corrected chi connectivity index (χ0v) is 70.9. The number of pyridine rings is 1. The molecule has 2 bridgehead atoms. The number of hydrogen-bond donors (Lipinski definition) is 6. The number of methoxy groups -OCH3 is 3. The number of carbonyl (C=O) groups excluding carboxylic acids is 4. The maximum Gasteiger partial charge on any atom is 0.329 e. The Morgan fingerprint density at radius 3 is 2.19 bits per heavy atom. The summed E-state index contributed by atoms with van der Waals surface area (Å²) < 4.78 is 74.4. The molecule has 0 unspecified atom stereocenters. The molecule has 3 fully saturated rings. The number of nitrogens with two attached hydrogens (primary N) is 1. The van der Waals surface area contributed by atoms with Gasteiger partial charge >= 0.3 is 5.97 Å². The number of cyclic esters (lactones) is 1. The minimum atomic E-state index is -2.45. The smallest absolute Gasteiger partial charge is 0.329 e. The van der Waals surface area contributed by atoms with Gasteiger partial charge in [0.1, 0.15) is 65.9 Å². The van der Waals surface area contributed by atoms with E-state index in [2.05, 4.69) is 50.2 Å². The van der Waals surface area contributed by atoms with Gasteiger partial charge < -0.3 is 92.9 Å². The molecular formula is C87H131N11O20. The Hall–Kier alpha value is -7.60. The number of esters is 1. The number of aromatic nitrogens is 9. The van der Waals surface area contributed by atoms with Crippen LogP contribution >= 0.6 is 0 Å². The Labute approximate surface area is 694 Å². The number of fused-ring (bicyclic) bond motifs is 5. The topological polar surface area (TPSA) is 392 Å². The van der Waals surface area contributed by atoms with E-state index in [4.69, 9.17) is 67.7 Å². The van der Waals surface area contributed by atoms with Crippen LogP contribution in [0.15, 0.2) is 96.5 Å². The van der Waals surface area contributed by atoms with Gasteiger partial charge in [-0.1, -0.05) is 82.7 Å². The van der Waals surface area contributed by atoms with E-state index in [0.717, 1.165) is 47.9 Å². The average Bonchev–Trinajstić information content (AvgIpc) is 1.51. The summed E-state index contributed by atoms with van der Waals surface area (Å²) in [7, 11) is 4.71. The summed E-state index contributed by atoms with van der Waals surface area (Å²) in [5.41, 5.74) is 12.0. The van der Waals surface area contributed by atoms with Crippen LogP contribution in [0, 0.1) is 35.5 Å². The third-order valence-corrected chi connectivity index (χ3v) is 23.2. The molecule has 654 valence electrons. The second-order valence-electron chi connectivity index (χ2n) is 32.2. The largest absolute Gasteiger partial charge is 0.495 e. The Morgan fingerprint density at radius 1 is 0.763 bits per heavy atom. The van der Waals surface area contributed by atoms with E-state index in [0.29, 0.717) is 202 Å². The number of anilines is 1. The number of hydrogen-bond acceptors (Lipinski definition) is 27. The molecule has 4 aliphatic rings. The normalized spacial score (nSPS) is 28.6. The van der Waals surface area contributed by atoms with Crippen molar-refractivity contribution in [2.24, 2.45) is 35.5 Å². The van der Waals surface area contributed by atoms with E-state index in [1.807, 2.05) is 74.2 Å². The van der Waals surface area contributed by atoms with Gasteiger partial charge in [0.2, 0.25) is 5.79 Å². The number of nitrogens with one attached hydrogen (secondary N) is 1. The van der Waals surface area contributed by atoms with Gasteiger partial charge in [-0.2, -0.15) is 5.10 Å². The van der Waals surface area contributed by atoms with Crippen molar-refractivity contribution in [3.05, 3.63) is 102 Å². The molecule has 0 aromatic carbocycles. The van der Waals surface area contributed by atoms with Gasteiger partial charge in [0, 0.05) is 95.3 Å². The fraction of sp³-hybridized carbons (Fsp3) is 0.678. The van der Waals surface area contributed by atoms with Gasteiger partial charge in [-0.05, 0) is 143 Å². The van der Waals surface area contributed by atoms with Gasteiger partial charge in [-0.3, -0.25) is 14.4 Å². The second kappa shape index (κ2) is 48.7. The number of H-pyrrole nitrogens is 1. The lowest BCUT2D eigenvalue weighted by molar-refractivity contribution is -0.265.